The maximum absolute atomic E-state index is 12.4. The van der Waals surface area contributed by atoms with Crippen molar-refractivity contribution in [2.24, 2.45) is 11.7 Å². The highest BCUT2D eigenvalue weighted by Gasteiger charge is 2.27. The summed E-state index contributed by atoms with van der Waals surface area (Å²) in [5, 5.41) is 6.80. The van der Waals surface area contributed by atoms with E-state index in [2.05, 4.69) is 17.6 Å². The van der Waals surface area contributed by atoms with Crippen LogP contribution < -0.4 is 16.4 Å². The van der Waals surface area contributed by atoms with E-state index in [1.54, 1.807) is 6.07 Å². The van der Waals surface area contributed by atoms with Crippen LogP contribution in [0, 0.1) is 5.92 Å². The van der Waals surface area contributed by atoms with Crippen molar-refractivity contribution in [2.45, 2.75) is 26.2 Å². The Labute approximate surface area is 176 Å². The van der Waals surface area contributed by atoms with Gasteiger partial charge in [0.05, 0.1) is 16.1 Å². The van der Waals surface area contributed by atoms with Crippen LogP contribution in [-0.4, -0.2) is 16.9 Å². The number of carbonyl (C=O) groups is 2. The fraction of sp³-hybridized carbons (Fsp3) is 0.278. The third-order valence-electron chi connectivity index (χ3n) is 4.39. The van der Waals surface area contributed by atoms with Gasteiger partial charge in [-0.2, -0.15) is 0 Å². The summed E-state index contributed by atoms with van der Waals surface area (Å²) in [4.78, 5) is 25.5. The van der Waals surface area contributed by atoms with E-state index in [0.29, 0.717) is 21.5 Å². The van der Waals surface area contributed by atoms with Gasteiger partial charge in [-0.25, -0.2) is 0 Å². The number of carbonyl (C=O) groups excluding carboxylic acids is 2. The topological polar surface area (TPSA) is 84.2 Å². The molecular formula is C18H17Cl2N3O2S2. The van der Waals surface area contributed by atoms with Crippen molar-refractivity contribution < 1.29 is 9.59 Å². The monoisotopic (exact) mass is 441 g/mol. The van der Waals surface area contributed by atoms with E-state index in [0.717, 1.165) is 29.7 Å². The Hall–Kier alpha value is -1.67. The normalized spacial score (nSPS) is 15.7. The minimum atomic E-state index is -0.501. The van der Waals surface area contributed by atoms with Crippen LogP contribution in [0.5, 0.6) is 0 Å². The molecule has 0 fully saturated rings. The summed E-state index contributed by atoms with van der Waals surface area (Å²) in [6.07, 6.45) is 2.73. The number of halogens is 2. The lowest BCUT2D eigenvalue weighted by atomic mass is 9.88. The Morgan fingerprint density at radius 1 is 1.33 bits per heavy atom. The summed E-state index contributed by atoms with van der Waals surface area (Å²) in [5.74, 6) is -0.410. The zero-order chi connectivity index (χ0) is 19.7. The highest BCUT2D eigenvalue weighted by molar-refractivity contribution is 7.80. The van der Waals surface area contributed by atoms with Crippen molar-refractivity contribution in [3.8, 4) is 0 Å². The number of hydrogen-bond acceptors (Lipinski definition) is 4. The molecule has 0 bridgehead atoms. The third-order valence-corrected chi connectivity index (χ3v) is 6.31. The van der Waals surface area contributed by atoms with Gasteiger partial charge in [-0.1, -0.05) is 30.1 Å². The second-order valence-electron chi connectivity index (χ2n) is 6.45. The molecule has 1 aliphatic carbocycles. The van der Waals surface area contributed by atoms with Crippen LogP contribution in [0.25, 0.3) is 0 Å². The number of nitrogens with two attached hydrogens (primary N) is 1. The second kappa shape index (κ2) is 8.14. The van der Waals surface area contributed by atoms with Crippen LogP contribution in [0.1, 0.15) is 44.5 Å². The predicted molar refractivity (Wildman–Crippen MR) is 114 cm³/mol. The van der Waals surface area contributed by atoms with Crippen LogP contribution in [0.4, 0.5) is 5.00 Å². The average Bonchev–Trinajstić information content (AvgIpc) is 2.91. The van der Waals surface area contributed by atoms with Gasteiger partial charge in [0.1, 0.15) is 5.00 Å². The molecule has 1 aliphatic rings. The number of hydrogen-bond donors (Lipinski definition) is 3. The maximum Gasteiger partial charge on any atom is 0.258 e. The van der Waals surface area contributed by atoms with Gasteiger partial charge < -0.3 is 11.1 Å². The Bertz CT molecular complexity index is 943. The van der Waals surface area contributed by atoms with Crippen LogP contribution in [-0.2, 0) is 12.8 Å². The average molecular weight is 442 g/mol. The molecular weight excluding hydrogens is 425 g/mol. The first-order chi connectivity index (χ1) is 12.8. The molecule has 0 aliphatic heterocycles. The fourth-order valence-electron chi connectivity index (χ4n) is 3.08. The number of nitrogens with one attached hydrogen (secondary N) is 2. The summed E-state index contributed by atoms with van der Waals surface area (Å²) in [6.45, 7) is 2.18. The number of fused-ring (bicyclic) bond motifs is 1. The summed E-state index contributed by atoms with van der Waals surface area (Å²) in [7, 11) is 0. The lowest BCUT2D eigenvalue weighted by molar-refractivity contribution is 0.0975. The molecule has 0 radical (unpaired) electrons. The first-order valence-electron chi connectivity index (χ1n) is 8.28. The SMILES string of the molecule is C[C@@H]1CCc2c(sc(NC(=S)NC(=O)c3ccc(Cl)cc3Cl)c2C(N)=O)C1. The number of amides is 2. The standard InChI is InChI=1S/C18H17Cl2N3O2S2/c1-8-2-4-11-13(6-8)27-17(14(11)15(21)24)23-18(26)22-16(25)10-5-3-9(19)7-12(10)20/h3,5,7-8H,2,4,6H2,1H3,(H2,21,24)(H2,22,23,25,26)/t8-/m1/s1. The van der Waals surface area contributed by atoms with Crippen molar-refractivity contribution in [2.75, 3.05) is 5.32 Å². The van der Waals surface area contributed by atoms with Gasteiger partial charge in [-0.05, 0) is 61.2 Å². The summed E-state index contributed by atoms with van der Waals surface area (Å²) < 4.78 is 0. The fourth-order valence-corrected chi connectivity index (χ4v) is 5.25. The lowest BCUT2D eigenvalue weighted by Crippen LogP contribution is -2.34. The highest BCUT2D eigenvalue weighted by Crippen LogP contribution is 2.39. The van der Waals surface area contributed by atoms with Gasteiger partial charge in [0.25, 0.3) is 11.8 Å². The number of thiophene rings is 1. The van der Waals surface area contributed by atoms with E-state index in [9.17, 15) is 9.59 Å². The number of primary amides is 1. The molecule has 2 aromatic rings. The second-order valence-corrected chi connectivity index (χ2v) is 8.81. The molecule has 1 heterocycles. The number of rotatable bonds is 3. The molecule has 0 unspecified atom stereocenters. The first kappa shape index (κ1) is 20.1. The molecule has 0 saturated heterocycles. The zero-order valence-corrected chi connectivity index (χ0v) is 17.5. The van der Waals surface area contributed by atoms with Crippen molar-refractivity contribution in [1.82, 2.24) is 5.32 Å². The Morgan fingerprint density at radius 3 is 2.74 bits per heavy atom. The molecule has 142 valence electrons. The van der Waals surface area contributed by atoms with E-state index in [4.69, 9.17) is 41.2 Å². The van der Waals surface area contributed by atoms with E-state index in [1.165, 1.54) is 23.5 Å². The van der Waals surface area contributed by atoms with Gasteiger partial charge in [0.2, 0.25) is 0 Å². The summed E-state index contributed by atoms with van der Waals surface area (Å²) >= 11 is 18.6. The largest absolute Gasteiger partial charge is 0.365 e. The number of thiocarbonyl (C=S) groups is 1. The van der Waals surface area contributed by atoms with E-state index in [1.807, 2.05) is 0 Å². The number of anilines is 1. The number of benzene rings is 1. The Kier molecular flexibility index (Phi) is 6.05. The van der Waals surface area contributed by atoms with E-state index in [-0.39, 0.29) is 15.7 Å². The van der Waals surface area contributed by atoms with Crippen molar-refractivity contribution in [3.63, 3.8) is 0 Å². The molecule has 1 atom stereocenters. The third kappa shape index (κ3) is 4.43. The lowest BCUT2D eigenvalue weighted by Gasteiger charge is -2.18. The molecule has 4 N–H and O–H groups in total. The van der Waals surface area contributed by atoms with Crippen molar-refractivity contribution in [1.29, 1.82) is 0 Å². The summed E-state index contributed by atoms with van der Waals surface area (Å²) in [6, 6.07) is 4.56. The maximum atomic E-state index is 12.4. The van der Waals surface area contributed by atoms with E-state index >= 15 is 0 Å². The molecule has 1 aromatic heterocycles. The minimum absolute atomic E-state index is 0.0696. The molecule has 27 heavy (non-hydrogen) atoms. The molecule has 0 saturated carbocycles. The molecule has 5 nitrogen and oxygen atoms in total. The van der Waals surface area contributed by atoms with Crippen molar-refractivity contribution in [3.05, 3.63) is 49.8 Å². The van der Waals surface area contributed by atoms with Crippen LogP contribution in [0.2, 0.25) is 10.0 Å². The Balaban J connectivity index is 1.78. The molecule has 1 aromatic carbocycles. The first-order valence-corrected chi connectivity index (χ1v) is 10.3. The molecule has 0 spiro atoms. The van der Waals surface area contributed by atoms with Crippen LogP contribution >= 0.6 is 46.8 Å². The van der Waals surface area contributed by atoms with Crippen LogP contribution in [0.3, 0.4) is 0 Å². The van der Waals surface area contributed by atoms with E-state index < -0.39 is 11.8 Å². The Morgan fingerprint density at radius 2 is 2.07 bits per heavy atom. The zero-order valence-electron chi connectivity index (χ0n) is 14.4. The van der Waals surface area contributed by atoms with Gasteiger partial charge in [0, 0.05) is 9.90 Å². The van der Waals surface area contributed by atoms with Gasteiger partial charge in [-0.15, -0.1) is 11.3 Å². The van der Waals surface area contributed by atoms with Crippen LogP contribution in [0.15, 0.2) is 18.2 Å². The van der Waals surface area contributed by atoms with Gasteiger partial charge >= 0.3 is 0 Å². The summed E-state index contributed by atoms with van der Waals surface area (Å²) in [5.41, 5.74) is 7.29. The predicted octanol–water partition coefficient (Wildman–Crippen LogP) is 4.41. The molecule has 3 rings (SSSR count). The quantitative estimate of drug-likeness (QED) is 0.615. The highest BCUT2D eigenvalue weighted by atomic mass is 35.5. The smallest absolute Gasteiger partial charge is 0.258 e. The molecule has 2 amide bonds. The minimum Gasteiger partial charge on any atom is -0.365 e. The molecule has 9 heteroatoms. The van der Waals surface area contributed by atoms with Gasteiger partial charge in [-0.3, -0.25) is 14.9 Å². The van der Waals surface area contributed by atoms with Crippen molar-refractivity contribution >= 4 is 68.7 Å². The van der Waals surface area contributed by atoms with Gasteiger partial charge in [0.15, 0.2) is 5.11 Å².